The average molecular weight is 258 g/mol. The van der Waals surface area contributed by atoms with Crippen LogP contribution in [-0.4, -0.2) is 20.0 Å². The molecule has 0 radical (unpaired) electrons. The molecule has 0 unspecified atom stereocenters. The highest BCUT2D eigenvalue weighted by Crippen LogP contribution is 2.54. The minimum atomic E-state index is -3.49. The fourth-order valence-electron chi connectivity index (χ4n) is 1.10. The smallest absolute Gasteiger partial charge is 0.308 e. The normalized spacial score (nSPS) is 11.9. The highest BCUT2D eigenvalue weighted by atomic mass is 31.2. The first-order chi connectivity index (χ1) is 8.01. The van der Waals surface area contributed by atoms with Gasteiger partial charge in [0.1, 0.15) is 5.31 Å². The zero-order valence-corrected chi connectivity index (χ0v) is 11.7. The molecule has 0 bridgehead atoms. The van der Waals surface area contributed by atoms with E-state index >= 15 is 0 Å². The van der Waals surface area contributed by atoms with E-state index in [2.05, 4.69) is 18.8 Å². The van der Waals surface area contributed by atoms with Gasteiger partial charge in [-0.05, 0) is 13.3 Å². The van der Waals surface area contributed by atoms with Crippen molar-refractivity contribution < 1.29 is 18.4 Å². The molecule has 0 saturated carbocycles. The van der Waals surface area contributed by atoms with Gasteiger partial charge in [0.2, 0.25) is 0 Å². The maximum Gasteiger partial charge on any atom is 0.365 e. The number of carbonyl (C=O) groups excluding carboxylic acids is 1. The lowest BCUT2D eigenvalue weighted by Gasteiger charge is -2.13. The summed E-state index contributed by atoms with van der Waals surface area (Å²) in [6.07, 6.45) is 4.14. The Morgan fingerprint density at radius 3 is 2.35 bits per heavy atom. The van der Waals surface area contributed by atoms with E-state index in [0.717, 1.165) is 19.3 Å². The summed E-state index contributed by atoms with van der Waals surface area (Å²) in [6.45, 7) is 3.38. The Morgan fingerprint density at radius 2 is 1.94 bits per heavy atom. The third kappa shape index (κ3) is 5.32. The predicted octanol–water partition coefficient (Wildman–Crippen LogP) is 3.14. The third-order valence-electron chi connectivity index (χ3n) is 2.10. The van der Waals surface area contributed by atoms with Crippen LogP contribution < -0.4 is 0 Å². The Bertz CT molecular complexity index is 379. The van der Waals surface area contributed by atoms with E-state index in [0.29, 0.717) is 0 Å². The van der Waals surface area contributed by atoms with Crippen LogP contribution >= 0.6 is 7.60 Å². The quantitative estimate of drug-likeness (QED) is 0.318. The van der Waals surface area contributed by atoms with Gasteiger partial charge in [-0.2, -0.15) is 0 Å². The lowest BCUT2D eigenvalue weighted by atomic mass is 10.2. The summed E-state index contributed by atoms with van der Waals surface area (Å²) in [5, 5.41) is -0.00787. The first kappa shape index (κ1) is 16.1. The van der Waals surface area contributed by atoms with Gasteiger partial charge < -0.3 is 9.05 Å². The van der Waals surface area contributed by atoms with Crippen LogP contribution in [0.3, 0.4) is 0 Å². The largest absolute Gasteiger partial charge is 0.365 e. The molecule has 4 nitrogen and oxygen atoms in total. The second-order valence-corrected chi connectivity index (χ2v) is 5.58. The van der Waals surface area contributed by atoms with Crippen molar-refractivity contribution in [2.75, 3.05) is 14.2 Å². The summed E-state index contributed by atoms with van der Waals surface area (Å²) in [7, 11) is -1.01. The van der Waals surface area contributed by atoms with Crippen LogP contribution in [0.4, 0.5) is 0 Å². The zero-order valence-electron chi connectivity index (χ0n) is 10.8. The molecule has 0 aliphatic rings. The standard InChI is InChI=1S/C12H19O4P/c1-5-6-7-8-9-10-12(11(2)13)17(14,15-3)16-4/h10H,5-7H2,1-4H3/b12-10+. The van der Waals surface area contributed by atoms with Gasteiger partial charge in [-0.3, -0.25) is 9.36 Å². The molecule has 5 heteroatoms. The summed E-state index contributed by atoms with van der Waals surface area (Å²) >= 11 is 0. The molecule has 96 valence electrons. The molecule has 0 aliphatic heterocycles. The molecular weight excluding hydrogens is 239 g/mol. The van der Waals surface area contributed by atoms with E-state index in [1.54, 1.807) is 0 Å². The van der Waals surface area contributed by atoms with E-state index in [9.17, 15) is 9.36 Å². The fraction of sp³-hybridized carbons (Fsp3) is 0.583. The summed E-state index contributed by atoms with van der Waals surface area (Å²) in [4.78, 5) is 11.4. The van der Waals surface area contributed by atoms with Crippen molar-refractivity contribution in [3.63, 3.8) is 0 Å². The van der Waals surface area contributed by atoms with E-state index in [1.165, 1.54) is 27.2 Å². The second kappa shape index (κ2) is 8.25. The van der Waals surface area contributed by atoms with Crippen molar-refractivity contribution in [3.8, 4) is 11.8 Å². The first-order valence-electron chi connectivity index (χ1n) is 5.43. The van der Waals surface area contributed by atoms with E-state index in [1.807, 2.05) is 0 Å². The molecule has 0 spiro atoms. The number of unbranched alkanes of at least 4 members (excludes halogenated alkanes) is 2. The first-order valence-corrected chi connectivity index (χ1v) is 6.97. The Morgan fingerprint density at radius 1 is 1.35 bits per heavy atom. The van der Waals surface area contributed by atoms with Crippen LogP contribution in [0.25, 0.3) is 0 Å². The zero-order chi connectivity index (χ0) is 13.3. The number of allylic oxidation sites excluding steroid dienone is 2. The van der Waals surface area contributed by atoms with Gasteiger partial charge in [0.25, 0.3) is 0 Å². The average Bonchev–Trinajstić information content (AvgIpc) is 2.32. The summed E-state index contributed by atoms with van der Waals surface area (Å²) < 4.78 is 21.5. The van der Waals surface area contributed by atoms with Crippen LogP contribution in [0.2, 0.25) is 0 Å². The lowest BCUT2D eigenvalue weighted by Crippen LogP contribution is -2.01. The van der Waals surface area contributed by atoms with Crippen molar-refractivity contribution in [2.24, 2.45) is 0 Å². The highest BCUT2D eigenvalue weighted by Gasteiger charge is 2.30. The Kier molecular flexibility index (Phi) is 7.82. The van der Waals surface area contributed by atoms with Crippen LogP contribution in [-0.2, 0) is 18.4 Å². The topological polar surface area (TPSA) is 52.6 Å². The maximum absolute atomic E-state index is 12.0. The number of hydrogen-bond acceptors (Lipinski definition) is 4. The van der Waals surface area contributed by atoms with Gasteiger partial charge in [-0.15, -0.1) is 0 Å². The SMILES string of the molecule is CCCCC#C/C=C(\C(C)=O)P(=O)(OC)OC. The molecule has 0 aromatic heterocycles. The monoisotopic (exact) mass is 258 g/mol. The van der Waals surface area contributed by atoms with Gasteiger partial charge in [0.05, 0.1) is 0 Å². The van der Waals surface area contributed by atoms with E-state index < -0.39 is 7.60 Å². The van der Waals surface area contributed by atoms with Crippen LogP contribution in [0.5, 0.6) is 0 Å². The summed E-state index contributed by atoms with van der Waals surface area (Å²) in [5.41, 5.74) is 0. The van der Waals surface area contributed by atoms with Gasteiger partial charge in [-0.1, -0.05) is 25.2 Å². The number of rotatable bonds is 6. The predicted molar refractivity (Wildman–Crippen MR) is 67.7 cm³/mol. The molecule has 0 amide bonds. The Labute approximate surface area is 103 Å². The maximum atomic E-state index is 12.0. The van der Waals surface area contributed by atoms with Crippen molar-refractivity contribution in [2.45, 2.75) is 33.1 Å². The van der Waals surface area contributed by atoms with Gasteiger partial charge in [0, 0.05) is 26.7 Å². The van der Waals surface area contributed by atoms with E-state index in [-0.39, 0.29) is 11.1 Å². The molecule has 0 saturated heterocycles. The number of hydrogen-bond donors (Lipinski definition) is 0. The molecule has 0 aromatic rings. The molecular formula is C12H19O4P. The molecule has 0 rings (SSSR count). The van der Waals surface area contributed by atoms with Crippen molar-refractivity contribution in [1.82, 2.24) is 0 Å². The minimum absolute atomic E-state index is 0.00787. The number of Topliss-reactive ketones (excluding diaryl/α,β-unsaturated/α-hetero) is 1. The molecule has 0 aromatic carbocycles. The third-order valence-corrected chi connectivity index (χ3v) is 4.10. The summed E-state index contributed by atoms with van der Waals surface area (Å²) in [5.74, 6) is 5.23. The van der Waals surface area contributed by atoms with Crippen LogP contribution in [0.15, 0.2) is 11.4 Å². The summed E-state index contributed by atoms with van der Waals surface area (Å²) in [6, 6.07) is 0. The lowest BCUT2D eigenvalue weighted by molar-refractivity contribution is -0.113. The highest BCUT2D eigenvalue weighted by molar-refractivity contribution is 7.60. The molecule has 0 heterocycles. The number of carbonyl (C=O) groups is 1. The van der Waals surface area contributed by atoms with E-state index in [4.69, 9.17) is 9.05 Å². The molecule has 0 N–H and O–H groups in total. The second-order valence-electron chi connectivity index (χ2n) is 3.37. The molecule has 17 heavy (non-hydrogen) atoms. The fourth-order valence-corrected chi connectivity index (χ4v) is 2.25. The molecule has 0 atom stereocenters. The van der Waals surface area contributed by atoms with Gasteiger partial charge in [0.15, 0.2) is 5.78 Å². The van der Waals surface area contributed by atoms with Crippen molar-refractivity contribution in [3.05, 3.63) is 11.4 Å². The Balaban J connectivity index is 4.97. The van der Waals surface area contributed by atoms with Gasteiger partial charge >= 0.3 is 7.60 Å². The van der Waals surface area contributed by atoms with Gasteiger partial charge in [-0.25, -0.2) is 0 Å². The van der Waals surface area contributed by atoms with Crippen molar-refractivity contribution >= 4 is 13.4 Å². The minimum Gasteiger partial charge on any atom is -0.308 e. The van der Waals surface area contributed by atoms with Crippen LogP contribution in [0, 0.1) is 11.8 Å². The molecule has 0 fully saturated rings. The number of ketones is 1. The Hall–Kier alpha value is -0.880. The van der Waals surface area contributed by atoms with Crippen LogP contribution in [0.1, 0.15) is 33.1 Å². The molecule has 0 aliphatic carbocycles. The van der Waals surface area contributed by atoms with Crippen molar-refractivity contribution in [1.29, 1.82) is 0 Å².